The monoisotopic (exact) mass is 337 g/mol. The molecule has 128 valence electrons. The molecule has 0 aliphatic carbocycles. The van der Waals surface area contributed by atoms with Gasteiger partial charge in [0, 0.05) is 12.6 Å². The van der Waals surface area contributed by atoms with Crippen LogP contribution in [0.15, 0.2) is 42.7 Å². The molecule has 2 aromatic heterocycles. The molecule has 8 nitrogen and oxygen atoms in total. The van der Waals surface area contributed by atoms with E-state index in [1.54, 1.807) is 7.11 Å². The Morgan fingerprint density at radius 1 is 1.16 bits per heavy atom. The first kappa shape index (κ1) is 15.3. The number of aromatic nitrogens is 3. The largest absolute Gasteiger partial charge is 0.497 e. The molecule has 25 heavy (non-hydrogen) atoms. The van der Waals surface area contributed by atoms with Gasteiger partial charge in [0.15, 0.2) is 5.82 Å². The lowest BCUT2D eigenvalue weighted by atomic mass is 10.1. The Morgan fingerprint density at radius 2 is 2.00 bits per heavy atom. The zero-order valence-electron chi connectivity index (χ0n) is 13.8. The number of pyridine rings is 1. The first-order valence-electron chi connectivity index (χ1n) is 7.92. The van der Waals surface area contributed by atoms with Crippen LogP contribution in [0, 0.1) is 0 Å². The predicted octanol–water partition coefficient (Wildman–Crippen LogP) is 1.76. The van der Waals surface area contributed by atoms with Gasteiger partial charge in [-0.05, 0) is 34.9 Å². The number of benzene rings is 1. The van der Waals surface area contributed by atoms with Crippen LogP contribution in [0.25, 0.3) is 0 Å². The highest BCUT2D eigenvalue weighted by Crippen LogP contribution is 2.30. The number of nitrogens with one attached hydrogen (secondary N) is 3. The lowest BCUT2D eigenvalue weighted by Crippen LogP contribution is -2.19. The van der Waals surface area contributed by atoms with E-state index < -0.39 is 0 Å². The minimum absolute atomic E-state index is 0.484. The third-order valence-corrected chi connectivity index (χ3v) is 4.07. The molecule has 1 aliphatic rings. The smallest absolute Gasteiger partial charge is 0.169 e. The van der Waals surface area contributed by atoms with Gasteiger partial charge in [-0.3, -0.25) is 10.1 Å². The molecule has 1 aliphatic heterocycles. The van der Waals surface area contributed by atoms with Gasteiger partial charge >= 0.3 is 0 Å². The Morgan fingerprint density at radius 3 is 2.80 bits per heavy atom. The van der Waals surface area contributed by atoms with Crippen LogP contribution in [0.2, 0.25) is 0 Å². The van der Waals surface area contributed by atoms with Gasteiger partial charge in [0.1, 0.15) is 11.6 Å². The quantitative estimate of drug-likeness (QED) is 0.563. The first-order chi connectivity index (χ1) is 12.2. The third-order valence-electron chi connectivity index (χ3n) is 4.07. The number of methoxy groups -OCH3 is 1. The highest BCUT2D eigenvalue weighted by molar-refractivity contribution is 5.74. The van der Waals surface area contributed by atoms with Gasteiger partial charge in [0.05, 0.1) is 25.5 Å². The Kier molecular flexibility index (Phi) is 3.87. The van der Waals surface area contributed by atoms with E-state index in [0.717, 1.165) is 22.6 Å². The van der Waals surface area contributed by atoms with Crippen molar-refractivity contribution < 1.29 is 4.74 Å². The number of nitrogens with two attached hydrogens (primary N) is 1. The van der Waals surface area contributed by atoms with Crippen molar-refractivity contribution in [3.8, 4) is 5.75 Å². The van der Waals surface area contributed by atoms with E-state index in [-0.39, 0.29) is 0 Å². The van der Waals surface area contributed by atoms with Crippen LogP contribution in [0.3, 0.4) is 0 Å². The fraction of sp³-hybridized carbons (Fsp3) is 0.176. The highest BCUT2D eigenvalue weighted by atomic mass is 16.5. The summed E-state index contributed by atoms with van der Waals surface area (Å²) < 4.78 is 7.10. The molecule has 0 fully saturated rings. The zero-order chi connectivity index (χ0) is 17.2. The Labute approximate surface area is 145 Å². The maximum Gasteiger partial charge on any atom is 0.169 e. The molecule has 0 saturated carbocycles. The van der Waals surface area contributed by atoms with Crippen LogP contribution in [0.1, 0.15) is 16.7 Å². The Hall–Kier alpha value is -3.26. The van der Waals surface area contributed by atoms with Gasteiger partial charge < -0.3 is 15.9 Å². The topological polar surface area (TPSA) is 102 Å². The number of hydrogen-bond acceptors (Lipinski definition) is 7. The van der Waals surface area contributed by atoms with Crippen molar-refractivity contribution in [1.29, 1.82) is 0 Å². The van der Waals surface area contributed by atoms with Gasteiger partial charge in [-0.15, -0.1) is 5.53 Å². The molecule has 0 saturated heterocycles. The fourth-order valence-electron chi connectivity index (χ4n) is 2.86. The Bertz CT molecular complexity index is 889. The van der Waals surface area contributed by atoms with Crippen molar-refractivity contribution in [3.05, 3.63) is 59.4 Å². The van der Waals surface area contributed by atoms with Crippen molar-refractivity contribution in [3.63, 3.8) is 0 Å². The van der Waals surface area contributed by atoms with Gasteiger partial charge in [0.25, 0.3) is 0 Å². The molecule has 0 atom stereocenters. The van der Waals surface area contributed by atoms with Crippen LogP contribution in [0.5, 0.6) is 5.75 Å². The number of fused-ring (bicyclic) bond motifs is 1. The Balaban J connectivity index is 1.50. The van der Waals surface area contributed by atoms with Crippen LogP contribution in [0.4, 0.5) is 17.3 Å². The van der Waals surface area contributed by atoms with E-state index in [1.807, 2.05) is 47.4 Å². The minimum Gasteiger partial charge on any atom is -0.497 e. The van der Waals surface area contributed by atoms with Crippen LogP contribution in [-0.4, -0.2) is 21.9 Å². The number of anilines is 3. The summed E-state index contributed by atoms with van der Waals surface area (Å²) in [6.45, 7) is 0.710. The van der Waals surface area contributed by atoms with Crippen molar-refractivity contribution in [1.82, 2.24) is 20.3 Å². The molecule has 1 aromatic carbocycles. The number of ether oxygens (including phenoxy) is 1. The number of nitrogen functional groups attached to an aromatic ring is 1. The van der Waals surface area contributed by atoms with E-state index in [4.69, 9.17) is 10.5 Å². The second-order valence-electron chi connectivity index (χ2n) is 5.88. The molecule has 5 N–H and O–H groups in total. The van der Waals surface area contributed by atoms with Gasteiger partial charge in [-0.1, -0.05) is 12.1 Å². The minimum atomic E-state index is 0.484. The summed E-state index contributed by atoms with van der Waals surface area (Å²) in [7, 11) is 1.66. The maximum absolute atomic E-state index is 5.88. The molecule has 3 aromatic rings. The van der Waals surface area contributed by atoms with Gasteiger partial charge in [-0.2, -0.15) is 5.10 Å². The molecule has 8 heteroatoms. The highest BCUT2D eigenvalue weighted by Gasteiger charge is 2.17. The lowest BCUT2D eigenvalue weighted by Gasteiger charge is -2.07. The van der Waals surface area contributed by atoms with Crippen LogP contribution in [-0.2, 0) is 13.0 Å². The summed E-state index contributed by atoms with van der Waals surface area (Å²) in [5.41, 5.74) is 19.0. The second-order valence-corrected chi connectivity index (χ2v) is 5.88. The zero-order valence-corrected chi connectivity index (χ0v) is 13.8. The average molecular weight is 337 g/mol. The van der Waals surface area contributed by atoms with Crippen molar-refractivity contribution in [2.24, 2.45) is 0 Å². The number of rotatable bonds is 5. The molecule has 0 amide bonds. The molecular formula is C17H19N7O. The third kappa shape index (κ3) is 3.20. The summed E-state index contributed by atoms with van der Waals surface area (Å²) in [5, 5.41) is 4.45. The number of hydrazine groups is 2. The first-order valence-corrected chi connectivity index (χ1v) is 7.92. The summed E-state index contributed by atoms with van der Waals surface area (Å²) >= 11 is 0. The van der Waals surface area contributed by atoms with Gasteiger partial charge in [0.2, 0.25) is 0 Å². The van der Waals surface area contributed by atoms with Gasteiger partial charge in [-0.25, -0.2) is 4.98 Å². The molecule has 0 radical (unpaired) electrons. The summed E-state index contributed by atoms with van der Waals surface area (Å²) in [6.07, 6.45) is 4.64. The molecule has 0 bridgehead atoms. The van der Waals surface area contributed by atoms with E-state index in [1.165, 1.54) is 5.56 Å². The molecular weight excluding hydrogens is 318 g/mol. The van der Waals surface area contributed by atoms with E-state index >= 15 is 0 Å². The van der Waals surface area contributed by atoms with Crippen molar-refractivity contribution in [2.45, 2.75) is 13.0 Å². The molecule has 0 unspecified atom stereocenters. The lowest BCUT2D eigenvalue weighted by molar-refractivity contribution is 0.414. The van der Waals surface area contributed by atoms with Crippen LogP contribution < -0.4 is 26.9 Å². The second kappa shape index (κ2) is 6.33. The summed E-state index contributed by atoms with van der Waals surface area (Å²) in [5.74, 6) is 2.04. The van der Waals surface area contributed by atoms with Crippen molar-refractivity contribution >= 4 is 17.3 Å². The fourth-order valence-corrected chi connectivity index (χ4v) is 2.86. The number of nitrogens with zero attached hydrogens (tertiary/aromatic N) is 3. The molecule has 4 rings (SSSR count). The van der Waals surface area contributed by atoms with E-state index in [9.17, 15) is 0 Å². The maximum atomic E-state index is 5.88. The van der Waals surface area contributed by atoms with Crippen LogP contribution >= 0.6 is 0 Å². The van der Waals surface area contributed by atoms with E-state index in [0.29, 0.717) is 24.6 Å². The van der Waals surface area contributed by atoms with Crippen molar-refractivity contribution in [2.75, 3.05) is 23.7 Å². The number of hydrogen-bond donors (Lipinski definition) is 4. The summed E-state index contributed by atoms with van der Waals surface area (Å²) in [6, 6.07) is 9.86. The molecule has 3 heterocycles. The van der Waals surface area contributed by atoms with E-state index in [2.05, 4.69) is 26.5 Å². The summed E-state index contributed by atoms with van der Waals surface area (Å²) in [4.78, 5) is 4.24. The predicted molar refractivity (Wildman–Crippen MR) is 96.2 cm³/mol. The normalized spacial score (nSPS) is 12.4. The molecule has 0 spiro atoms. The average Bonchev–Trinajstić information content (AvgIpc) is 3.25. The SMILES string of the molecule is COc1ccc(Cn2cc(Cc3cc(N)nc4c3NNN4)cn2)cc1. The standard InChI is InChI=1S/C17H19N7O/c1-25-14-4-2-11(3-5-14)9-24-10-12(8-19-24)6-13-7-15(18)20-17-16(13)21-23-22-17/h2-5,7-8,10,21,23H,6,9H2,1H3,(H3,18,20,22).